The molecular formula is C23H20BrClN2O3. The number of rotatable bonds is 8. The average molecular weight is 488 g/mol. The molecule has 0 unspecified atom stereocenters. The first-order chi connectivity index (χ1) is 14.6. The van der Waals surface area contributed by atoms with Crippen molar-refractivity contribution < 1.29 is 14.3 Å². The highest BCUT2D eigenvalue weighted by atomic mass is 79.9. The van der Waals surface area contributed by atoms with Crippen LogP contribution in [0.1, 0.15) is 16.7 Å². The van der Waals surface area contributed by atoms with E-state index in [1.54, 1.807) is 19.4 Å². The number of nitrogens with zero attached hydrogens (tertiary/aromatic N) is 1. The lowest BCUT2D eigenvalue weighted by atomic mass is 10.1. The van der Waals surface area contributed by atoms with Crippen molar-refractivity contribution in [3.63, 3.8) is 0 Å². The molecule has 3 rings (SSSR count). The van der Waals surface area contributed by atoms with E-state index in [4.69, 9.17) is 21.1 Å². The van der Waals surface area contributed by atoms with Crippen molar-refractivity contribution in [2.45, 2.75) is 13.0 Å². The molecule has 3 aromatic carbocycles. The number of amides is 1. The van der Waals surface area contributed by atoms with Crippen molar-refractivity contribution in [2.75, 3.05) is 7.11 Å². The minimum Gasteiger partial charge on any atom is -0.493 e. The lowest BCUT2D eigenvalue weighted by molar-refractivity contribution is -0.120. The van der Waals surface area contributed by atoms with Crippen LogP contribution < -0.4 is 14.9 Å². The monoisotopic (exact) mass is 486 g/mol. The van der Waals surface area contributed by atoms with Gasteiger partial charge in [-0.3, -0.25) is 4.79 Å². The first-order valence-corrected chi connectivity index (χ1v) is 10.3. The Morgan fingerprint density at radius 1 is 1.13 bits per heavy atom. The average Bonchev–Trinajstić information content (AvgIpc) is 2.74. The highest BCUT2D eigenvalue weighted by Gasteiger charge is 2.12. The van der Waals surface area contributed by atoms with Crippen LogP contribution in [0.5, 0.6) is 11.5 Å². The van der Waals surface area contributed by atoms with Gasteiger partial charge in [-0.15, -0.1) is 0 Å². The van der Waals surface area contributed by atoms with Crippen LogP contribution in [0.3, 0.4) is 0 Å². The summed E-state index contributed by atoms with van der Waals surface area (Å²) in [4.78, 5) is 12.0. The largest absolute Gasteiger partial charge is 0.493 e. The molecule has 7 heteroatoms. The van der Waals surface area contributed by atoms with Gasteiger partial charge in [0.05, 0.1) is 24.2 Å². The minimum atomic E-state index is -0.192. The fraction of sp³-hybridized carbons (Fsp3) is 0.130. The fourth-order valence-corrected chi connectivity index (χ4v) is 3.48. The molecule has 0 saturated carbocycles. The lowest BCUT2D eigenvalue weighted by Gasteiger charge is -2.14. The second kappa shape index (κ2) is 10.8. The van der Waals surface area contributed by atoms with E-state index in [1.807, 2.05) is 60.7 Å². The van der Waals surface area contributed by atoms with E-state index in [0.717, 1.165) is 16.7 Å². The predicted octanol–water partition coefficient (Wildman–Crippen LogP) is 5.38. The Balaban J connectivity index is 1.65. The third-order valence-electron chi connectivity index (χ3n) is 4.19. The van der Waals surface area contributed by atoms with Gasteiger partial charge in [0.25, 0.3) is 0 Å². The van der Waals surface area contributed by atoms with E-state index in [1.165, 1.54) is 0 Å². The van der Waals surface area contributed by atoms with Gasteiger partial charge in [0.2, 0.25) is 5.91 Å². The molecule has 0 aliphatic carbocycles. The zero-order valence-corrected chi connectivity index (χ0v) is 18.6. The van der Waals surface area contributed by atoms with Gasteiger partial charge in [-0.2, -0.15) is 5.10 Å². The summed E-state index contributed by atoms with van der Waals surface area (Å²) in [5, 5.41) is 4.67. The van der Waals surface area contributed by atoms with E-state index in [-0.39, 0.29) is 12.3 Å². The fourth-order valence-electron chi connectivity index (χ4n) is 2.72. The molecule has 0 aliphatic heterocycles. The number of benzene rings is 3. The zero-order chi connectivity index (χ0) is 21.3. The SMILES string of the molecule is COc1cc(/C=N/NC(=O)Cc2ccccc2)cc(Br)c1OCc1ccccc1Cl. The van der Waals surface area contributed by atoms with Crippen LogP contribution in [0.15, 0.2) is 76.3 Å². The third kappa shape index (κ3) is 6.08. The number of carbonyl (C=O) groups is 1. The maximum atomic E-state index is 12.0. The van der Waals surface area contributed by atoms with Gasteiger partial charge in [0, 0.05) is 10.6 Å². The summed E-state index contributed by atoms with van der Waals surface area (Å²) in [5.74, 6) is 0.902. The molecule has 3 aromatic rings. The van der Waals surface area contributed by atoms with E-state index >= 15 is 0 Å². The Labute approximate surface area is 188 Å². The Kier molecular flexibility index (Phi) is 7.88. The van der Waals surface area contributed by atoms with E-state index < -0.39 is 0 Å². The van der Waals surface area contributed by atoms with Gasteiger partial charge >= 0.3 is 0 Å². The molecule has 1 N–H and O–H groups in total. The number of halogens is 2. The standard InChI is InChI=1S/C23H20BrClN2O3/c1-29-21-12-17(14-26-27-22(28)13-16-7-3-2-4-8-16)11-19(24)23(21)30-15-18-9-5-6-10-20(18)25/h2-12,14H,13,15H2,1H3,(H,27,28)/b26-14+. The number of hydrazone groups is 1. The summed E-state index contributed by atoms with van der Waals surface area (Å²) in [6.07, 6.45) is 1.81. The molecule has 0 heterocycles. The summed E-state index contributed by atoms with van der Waals surface area (Å²) in [5.41, 5.74) is 5.07. The highest BCUT2D eigenvalue weighted by molar-refractivity contribution is 9.10. The highest BCUT2D eigenvalue weighted by Crippen LogP contribution is 2.37. The number of nitrogens with one attached hydrogen (secondary N) is 1. The molecule has 0 fully saturated rings. The maximum absolute atomic E-state index is 12.0. The summed E-state index contributed by atoms with van der Waals surface area (Å²) in [6.45, 7) is 0.303. The molecule has 30 heavy (non-hydrogen) atoms. The summed E-state index contributed by atoms with van der Waals surface area (Å²) in [6, 6.07) is 20.6. The number of ether oxygens (including phenoxy) is 2. The minimum absolute atomic E-state index is 0.192. The van der Waals surface area contributed by atoms with Gasteiger partial charge in [-0.25, -0.2) is 5.43 Å². The van der Waals surface area contributed by atoms with Crippen molar-refractivity contribution in [1.29, 1.82) is 0 Å². The van der Waals surface area contributed by atoms with E-state index in [2.05, 4.69) is 26.5 Å². The summed E-state index contributed by atoms with van der Waals surface area (Å²) >= 11 is 9.70. The van der Waals surface area contributed by atoms with Crippen molar-refractivity contribution in [3.8, 4) is 11.5 Å². The Morgan fingerprint density at radius 2 is 1.87 bits per heavy atom. The van der Waals surface area contributed by atoms with Crippen LogP contribution in [0.25, 0.3) is 0 Å². The molecule has 0 aromatic heterocycles. The molecule has 1 amide bonds. The van der Waals surface area contributed by atoms with Gasteiger partial charge < -0.3 is 9.47 Å². The number of hydrogen-bond donors (Lipinski definition) is 1. The van der Waals surface area contributed by atoms with Crippen LogP contribution in [-0.2, 0) is 17.8 Å². The first kappa shape index (κ1) is 21.9. The Morgan fingerprint density at radius 3 is 2.60 bits per heavy atom. The zero-order valence-electron chi connectivity index (χ0n) is 16.3. The second-order valence-corrected chi connectivity index (χ2v) is 7.63. The predicted molar refractivity (Wildman–Crippen MR) is 122 cm³/mol. The number of methoxy groups -OCH3 is 1. The molecule has 0 spiro atoms. The summed E-state index contributed by atoms with van der Waals surface area (Å²) in [7, 11) is 1.56. The number of carbonyl (C=O) groups excluding carboxylic acids is 1. The van der Waals surface area contributed by atoms with Gasteiger partial charge in [-0.1, -0.05) is 60.1 Å². The number of hydrogen-bond acceptors (Lipinski definition) is 4. The quantitative estimate of drug-likeness (QED) is 0.343. The molecule has 0 saturated heterocycles. The lowest BCUT2D eigenvalue weighted by Crippen LogP contribution is -2.19. The smallest absolute Gasteiger partial charge is 0.244 e. The van der Waals surface area contributed by atoms with Gasteiger partial charge in [0.1, 0.15) is 6.61 Å². The third-order valence-corrected chi connectivity index (χ3v) is 5.15. The molecule has 5 nitrogen and oxygen atoms in total. The molecular weight excluding hydrogens is 468 g/mol. The normalized spacial score (nSPS) is 10.8. The van der Waals surface area contributed by atoms with Crippen LogP contribution in [0, 0.1) is 0 Å². The van der Waals surface area contributed by atoms with Crippen LogP contribution >= 0.6 is 27.5 Å². The van der Waals surface area contributed by atoms with Crippen LogP contribution in [0.4, 0.5) is 0 Å². The van der Waals surface area contributed by atoms with Crippen molar-refractivity contribution in [2.24, 2.45) is 5.10 Å². The first-order valence-electron chi connectivity index (χ1n) is 9.16. The molecule has 0 bridgehead atoms. The maximum Gasteiger partial charge on any atom is 0.244 e. The molecule has 0 aliphatic rings. The van der Waals surface area contributed by atoms with Crippen molar-refractivity contribution in [3.05, 3.63) is 92.9 Å². The molecule has 0 radical (unpaired) electrons. The van der Waals surface area contributed by atoms with Gasteiger partial charge in [-0.05, 0) is 45.3 Å². The van der Waals surface area contributed by atoms with Crippen LogP contribution in [-0.4, -0.2) is 19.2 Å². The summed E-state index contributed by atoms with van der Waals surface area (Å²) < 4.78 is 12.1. The van der Waals surface area contributed by atoms with Crippen molar-refractivity contribution >= 4 is 39.7 Å². The van der Waals surface area contributed by atoms with E-state index in [0.29, 0.717) is 27.6 Å². The second-order valence-electron chi connectivity index (χ2n) is 6.37. The van der Waals surface area contributed by atoms with Gasteiger partial charge in [0.15, 0.2) is 11.5 Å². The molecule has 154 valence electrons. The Bertz CT molecular complexity index is 1040. The Hall–Kier alpha value is -2.83. The van der Waals surface area contributed by atoms with E-state index in [9.17, 15) is 4.79 Å². The molecule has 0 atom stereocenters. The topological polar surface area (TPSA) is 59.9 Å². The van der Waals surface area contributed by atoms with Crippen molar-refractivity contribution in [1.82, 2.24) is 5.43 Å². The van der Waals surface area contributed by atoms with Crippen LogP contribution in [0.2, 0.25) is 5.02 Å².